The van der Waals surface area contributed by atoms with Crippen LogP contribution >= 0.6 is 0 Å². The average Bonchev–Trinajstić information content (AvgIpc) is 3.09. The van der Waals surface area contributed by atoms with Crippen LogP contribution < -0.4 is 0 Å². The third-order valence-corrected chi connectivity index (χ3v) is 10.0. The van der Waals surface area contributed by atoms with Crippen molar-refractivity contribution in [3.63, 3.8) is 0 Å². The van der Waals surface area contributed by atoms with Gasteiger partial charge in [0.05, 0.1) is 0 Å². The lowest BCUT2D eigenvalue weighted by molar-refractivity contribution is 0.221. The van der Waals surface area contributed by atoms with Crippen molar-refractivity contribution in [2.45, 2.75) is 45.7 Å². The third-order valence-electron chi connectivity index (χ3n) is 10.0. The minimum atomic E-state index is -1.38. The molecule has 1 heteroatoms. The molecule has 0 saturated carbocycles. The van der Waals surface area contributed by atoms with Crippen molar-refractivity contribution in [3.8, 4) is 33.4 Å². The van der Waals surface area contributed by atoms with Crippen LogP contribution in [0.4, 0.5) is 4.39 Å². The molecule has 0 atom stereocenters. The van der Waals surface area contributed by atoms with Crippen LogP contribution in [0.2, 0.25) is 0 Å². The van der Waals surface area contributed by atoms with Crippen molar-refractivity contribution in [3.05, 3.63) is 157 Å². The molecule has 8 aromatic rings. The zero-order valence-corrected chi connectivity index (χ0v) is 28.2. The molecular formula is C47H39F. The van der Waals surface area contributed by atoms with E-state index >= 15 is 0 Å². The standard InChI is InChI=1S/C47H39F/c1-46(2,3)34-23-20-31(21-24-34)44-39-16-10-11-17-40(39)45(42-29-33-12-6-7-13-36(33)37-14-8-9-15-38(37)42)41-27-22-32(28-43(41)44)30-18-25-35(26-19-30)47(4,5)48/h6-29H,1-5H3. The highest BCUT2D eigenvalue weighted by molar-refractivity contribution is 6.26. The molecule has 0 spiro atoms. The summed E-state index contributed by atoms with van der Waals surface area (Å²) in [7, 11) is 0. The molecule has 0 nitrogen and oxygen atoms in total. The number of hydrogen-bond acceptors (Lipinski definition) is 0. The first-order valence-electron chi connectivity index (χ1n) is 16.9. The Labute approximate surface area is 282 Å². The van der Waals surface area contributed by atoms with E-state index in [2.05, 4.69) is 154 Å². The van der Waals surface area contributed by atoms with E-state index < -0.39 is 5.67 Å². The van der Waals surface area contributed by atoms with Gasteiger partial charge < -0.3 is 0 Å². The molecule has 0 aromatic heterocycles. The Balaban J connectivity index is 1.48. The van der Waals surface area contributed by atoms with Crippen LogP contribution in [-0.4, -0.2) is 0 Å². The average molecular weight is 623 g/mol. The number of fused-ring (bicyclic) bond motifs is 5. The Kier molecular flexibility index (Phi) is 7.00. The molecule has 0 N–H and O–H groups in total. The number of hydrogen-bond donors (Lipinski definition) is 0. The van der Waals surface area contributed by atoms with Gasteiger partial charge in [0.2, 0.25) is 0 Å². The molecule has 0 aliphatic rings. The highest BCUT2D eigenvalue weighted by Gasteiger charge is 2.22. The van der Waals surface area contributed by atoms with Crippen LogP contribution in [0.1, 0.15) is 45.7 Å². The van der Waals surface area contributed by atoms with Gasteiger partial charge in [-0.3, -0.25) is 0 Å². The lowest BCUT2D eigenvalue weighted by Crippen LogP contribution is -2.10. The first-order chi connectivity index (χ1) is 23.1. The second-order valence-electron chi connectivity index (χ2n) is 14.6. The topological polar surface area (TPSA) is 0 Å². The van der Waals surface area contributed by atoms with Crippen molar-refractivity contribution in [2.75, 3.05) is 0 Å². The Morgan fingerprint density at radius 3 is 1.52 bits per heavy atom. The molecule has 0 bridgehead atoms. The zero-order chi connectivity index (χ0) is 33.2. The van der Waals surface area contributed by atoms with E-state index in [1.807, 2.05) is 12.1 Å². The van der Waals surface area contributed by atoms with E-state index in [1.54, 1.807) is 13.8 Å². The summed E-state index contributed by atoms with van der Waals surface area (Å²) in [5.41, 5.74) is 7.79. The van der Waals surface area contributed by atoms with Gasteiger partial charge in [0, 0.05) is 0 Å². The molecule has 0 amide bonds. The van der Waals surface area contributed by atoms with Gasteiger partial charge in [-0.15, -0.1) is 0 Å². The zero-order valence-electron chi connectivity index (χ0n) is 28.2. The van der Waals surface area contributed by atoms with Gasteiger partial charge in [0.25, 0.3) is 0 Å². The summed E-state index contributed by atoms with van der Waals surface area (Å²) in [6.07, 6.45) is 0. The van der Waals surface area contributed by atoms with Gasteiger partial charge in [-0.25, -0.2) is 4.39 Å². The van der Waals surface area contributed by atoms with E-state index in [0.717, 1.165) is 11.1 Å². The fraction of sp³-hybridized carbons (Fsp3) is 0.149. The smallest absolute Gasteiger partial charge is 0.130 e. The Morgan fingerprint density at radius 2 is 0.875 bits per heavy atom. The molecule has 0 heterocycles. The van der Waals surface area contributed by atoms with Crippen molar-refractivity contribution in [2.24, 2.45) is 0 Å². The number of rotatable bonds is 4. The van der Waals surface area contributed by atoms with Crippen molar-refractivity contribution in [1.29, 1.82) is 0 Å². The predicted octanol–water partition coefficient (Wildman–Crippen LogP) is 13.8. The van der Waals surface area contributed by atoms with E-state index in [4.69, 9.17) is 0 Å². The summed E-state index contributed by atoms with van der Waals surface area (Å²) in [6.45, 7) is 10.0. The first-order valence-corrected chi connectivity index (χ1v) is 16.9. The van der Waals surface area contributed by atoms with Gasteiger partial charge in [-0.05, 0) is 119 Å². The molecule has 0 aliphatic heterocycles. The van der Waals surface area contributed by atoms with Gasteiger partial charge in [-0.1, -0.05) is 154 Å². The number of benzene rings is 8. The molecule has 0 radical (unpaired) electrons. The Hall–Kier alpha value is -5.27. The van der Waals surface area contributed by atoms with Crippen LogP contribution in [0.5, 0.6) is 0 Å². The second kappa shape index (κ2) is 11.2. The SMILES string of the molecule is CC(C)(C)c1ccc(-c2c3ccccc3c(-c3cc4ccccc4c4ccccc34)c3ccc(-c4ccc(C(C)(C)F)cc4)cc23)cc1. The maximum Gasteiger partial charge on any atom is 0.130 e. The number of alkyl halides is 1. The normalized spacial score (nSPS) is 12.4. The molecular weight excluding hydrogens is 584 g/mol. The quantitative estimate of drug-likeness (QED) is 0.135. The maximum absolute atomic E-state index is 14.8. The first kappa shape index (κ1) is 30.1. The summed E-state index contributed by atoms with van der Waals surface area (Å²) in [6, 6.07) is 52.7. The van der Waals surface area contributed by atoms with Gasteiger partial charge in [0.15, 0.2) is 0 Å². The van der Waals surface area contributed by atoms with E-state index in [-0.39, 0.29) is 5.41 Å². The molecule has 8 aromatic carbocycles. The summed E-state index contributed by atoms with van der Waals surface area (Å²) >= 11 is 0. The fourth-order valence-corrected chi connectivity index (χ4v) is 7.42. The molecule has 0 unspecified atom stereocenters. The van der Waals surface area contributed by atoms with Crippen LogP contribution in [0.3, 0.4) is 0 Å². The lowest BCUT2D eigenvalue weighted by Gasteiger charge is -2.22. The third kappa shape index (κ3) is 5.06. The second-order valence-corrected chi connectivity index (χ2v) is 14.6. The van der Waals surface area contributed by atoms with Crippen molar-refractivity contribution in [1.82, 2.24) is 0 Å². The molecule has 8 rings (SSSR count). The summed E-state index contributed by atoms with van der Waals surface area (Å²) in [4.78, 5) is 0. The Bertz CT molecular complexity index is 2490. The monoisotopic (exact) mass is 622 g/mol. The molecule has 48 heavy (non-hydrogen) atoms. The van der Waals surface area contributed by atoms with E-state index in [9.17, 15) is 4.39 Å². The van der Waals surface area contributed by atoms with Gasteiger partial charge in [-0.2, -0.15) is 0 Å². The van der Waals surface area contributed by atoms with Crippen LogP contribution in [-0.2, 0) is 11.1 Å². The minimum absolute atomic E-state index is 0.0666. The molecule has 234 valence electrons. The highest BCUT2D eigenvalue weighted by atomic mass is 19.1. The van der Waals surface area contributed by atoms with Crippen LogP contribution in [0.15, 0.2) is 146 Å². The fourth-order valence-electron chi connectivity index (χ4n) is 7.42. The van der Waals surface area contributed by atoms with Gasteiger partial charge >= 0.3 is 0 Å². The lowest BCUT2D eigenvalue weighted by atomic mass is 9.82. The highest BCUT2D eigenvalue weighted by Crippen LogP contribution is 2.47. The predicted molar refractivity (Wildman–Crippen MR) is 206 cm³/mol. The van der Waals surface area contributed by atoms with E-state index in [1.165, 1.54) is 70.9 Å². The molecule has 0 saturated heterocycles. The summed E-state index contributed by atoms with van der Waals surface area (Å²) in [5, 5.41) is 9.90. The van der Waals surface area contributed by atoms with Gasteiger partial charge in [0.1, 0.15) is 5.67 Å². The van der Waals surface area contributed by atoms with Crippen molar-refractivity contribution >= 4 is 43.1 Å². The Morgan fingerprint density at radius 1 is 0.375 bits per heavy atom. The largest absolute Gasteiger partial charge is 0.239 e. The number of halogens is 1. The maximum atomic E-state index is 14.8. The summed E-state index contributed by atoms with van der Waals surface area (Å²) in [5.74, 6) is 0. The molecule has 0 aliphatic carbocycles. The van der Waals surface area contributed by atoms with E-state index in [0.29, 0.717) is 5.56 Å². The van der Waals surface area contributed by atoms with Crippen LogP contribution in [0, 0.1) is 0 Å². The molecule has 0 fully saturated rings. The van der Waals surface area contributed by atoms with Crippen LogP contribution in [0.25, 0.3) is 76.5 Å². The minimum Gasteiger partial charge on any atom is -0.239 e. The summed E-state index contributed by atoms with van der Waals surface area (Å²) < 4.78 is 14.8. The van der Waals surface area contributed by atoms with Crippen molar-refractivity contribution < 1.29 is 4.39 Å².